The van der Waals surface area contributed by atoms with Crippen LogP contribution < -0.4 is 10.1 Å². The molecule has 4 nitrogen and oxygen atoms in total. The molecule has 0 bridgehead atoms. The fraction of sp³-hybridized carbons (Fsp3) is 0.533. The summed E-state index contributed by atoms with van der Waals surface area (Å²) in [5.41, 5.74) is -0.892. The van der Waals surface area contributed by atoms with Crippen LogP contribution in [-0.4, -0.2) is 31.3 Å². The van der Waals surface area contributed by atoms with Gasteiger partial charge in [0.1, 0.15) is 22.9 Å². The van der Waals surface area contributed by atoms with E-state index in [0.717, 1.165) is 18.2 Å². The van der Waals surface area contributed by atoms with Gasteiger partial charge >= 0.3 is 5.97 Å². The number of esters is 1. The lowest BCUT2D eigenvalue weighted by Gasteiger charge is -2.28. The van der Waals surface area contributed by atoms with E-state index in [1.165, 1.54) is 0 Å². The second kappa shape index (κ2) is 7.93. The first-order valence-electron chi connectivity index (χ1n) is 6.92. The smallest absolute Gasteiger partial charge is 0.326 e. The molecule has 1 N–H and O–H groups in total. The van der Waals surface area contributed by atoms with Crippen molar-refractivity contribution in [3.05, 3.63) is 29.8 Å². The minimum absolute atomic E-state index is 0.0928. The van der Waals surface area contributed by atoms with E-state index >= 15 is 0 Å². The highest BCUT2D eigenvalue weighted by atomic mass is 19.1. The maximum atomic E-state index is 13.0. The number of hydrogen-bond acceptors (Lipinski definition) is 4. The largest absolute Gasteiger partial charge is 0.493 e. The molecule has 0 spiro atoms. The van der Waals surface area contributed by atoms with Gasteiger partial charge in [0.2, 0.25) is 0 Å². The summed E-state index contributed by atoms with van der Waals surface area (Å²) >= 11 is 0. The summed E-state index contributed by atoms with van der Waals surface area (Å²) in [6.07, 6.45) is 0.317. The summed E-state index contributed by atoms with van der Waals surface area (Å²) in [5.74, 6) is -1.69. The van der Waals surface area contributed by atoms with Crippen LogP contribution >= 0.6 is 0 Å². The van der Waals surface area contributed by atoms with Crippen molar-refractivity contribution in [2.75, 3.05) is 19.8 Å². The molecule has 1 unspecified atom stereocenters. The Morgan fingerprint density at radius 3 is 2.38 bits per heavy atom. The Balaban J connectivity index is 2.63. The number of carbonyl (C=O) groups is 1. The van der Waals surface area contributed by atoms with Crippen LogP contribution in [0.25, 0.3) is 0 Å². The van der Waals surface area contributed by atoms with Gasteiger partial charge in [0.25, 0.3) is 0 Å². The average Bonchev–Trinajstić information content (AvgIpc) is 2.38. The zero-order valence-corrected chi connectivity index (χ0v) is 12.5. The third kappa shape index (κ3) is 5.30. The molecule has 21 heavy (non-hydrogen) atoms. The van der Waals surface area contributed by atoms with E-state index < -0.39 is 17.2 Å². The fourth-order valence-corrected chi connectivity index (χ4v) is 1.93. The first-order valence-corrected chi connectivity index (χ1v) is 6.92. The minimum Gasteiger partial charge on any atom is -0.493 e. The maximum absolute atomic E-state index is 13.0. The molecule has 1 rings (SSSR count). The molecule has 0 aliphatic heterocycles. The Kier molecular flexibility index (Phi) is 6.55. The van der Waals surface area contributed by atoms with Gasteiger partial charge in [-0.2, -0.15) is 0 Å². The zero-order chi connectivity index (χ0) is 15.9. The molecule has 0 saturated heterocycles. The molecule has 0 fully saturated rings. The van der Waals surface area contributed by atoms with Gasteiger partial charge in [-0.1, -0.05) is 6.92 Å². The maximum Gasteiger partial charge on any atom is 0.326 e. The molecule has 1 atom stereocenters. The normalized spacial score (nSPS) is 13.6. The van der Waals surface area contributed by atoms with Gasteiger partial charge in [0.15, 0.2) is 0 Å². The highest BCUT2D eigenvalue weighted by Gasteiger charge is 2.33. The van der Waals surface area contributed by atoms with Crippen LogP contribution in [0.3, 0.4) is 0 Å². The van der Waals surface area contributed by atoms with Crippen LogP contribution in [0.15, 0.2) is 18.2 Å². The van der Waals surface area contributed by atoms with Crippen molar-refractivity contribution in [1.82, 2.24) is 5.32 Å². The van der Waals surface area contributed by atoms with Gasteiger partial charge < -0.3 is 14.8 Å². The van der Waals surface area contributed by atoms with Crippen molar-refractivity contribution in [3.8, 4) is 5.75 Å². The number of likely N-dealkylation sites (N-methyl/N-ethyl adjacent to an activating group) is 1. The van der Waals surface area contributed by atoms with E-state index in [0.29, 0.717) is 13.0 Å². The predicted octanol–water partition coefficient (Wildman–Crippen LogP) is 2.67. The molecule has 0 aromatic heterocycles. The summed E-state index contributed by atoms with van der Waals surface area (Å²) in [4.78, 5) is 11.9. The second-order valence-corrected chi connectivity index (χ2v) is 4.79. The third-order valence-corrected chi connectivity index (χ3v) is 3.00. The standard InChI is InChI=1S/C15H21F2NO3/c1-4-18-15(3,14(19)20-5-2)6-7-21-13-9-11(16)8-12(17)10-13/h8-10,18H,4-7H2,1-3H3. The third-order valence-electron chi connectivity index (χ3n) is 3.00. The number of ether oxygens (including phenoxy) is 2. The van der Waals surface area contributed by atoms with Gasteiger partial charge in [-0.3, -0.25) is 4.79 Å². The number of nitrogens with one attached hydrogen (secondary N) is 1. The molecule has 1 aromatic carbocycles. The van der Waals surface area contributed by atoms with Crippen LogP contribution in [0.2, 0.25) is 0 Å². The Bertz CT molecular complexity index is 462. The summed E-state index contributed by atoms with van der Waals surface area (Å²) in [7, 11) is 0. The van der Waals surface area contributed by atoms with Gasteiger partial charge in [0, 0.05) is 24.6 Å². The van der Waals surface area contributed by atoms with Gasteiger partial charge in [0.05, 0.1) is 13.2 Å². The van der Waals surface area contributed by atoms with Crippen molar-refractivity contribution in [1.29, 1.82) is 0 Å². The Morgan fingerprint density at radius 1 is 1.24 bits per heavy atom. The van der Waals surface area contributed by atoms with Crippen LogP contribution in [-0.2, 0) is 9.53 Å². The van der Waals surface area contributed by atoms with E-state index in [9.17, 15) is 13.6 Å². The molecular weight excluding hydrogens is 280 g/mol. The molecular formula is C15H21F2NO3. The topological polar surface area (TPSA) is 47.6 Å². The molecule has 0 aliphatic carbocycles. The second-order valence-electron chi connectivity index (χ2n) is 4.79. The van der Waals surface area contributed by atoms with Gasteiger partial charge in [-0.15, -0.1) is 0 Å². The molecule has 0 heterocycles. The Hall–Kier alpha value is -1.69. The van der Waals surface area contributed by atoms with E-state index in [4.69, 9.17) is 9.47 Å². The molecule has 0 aliphatic rings. The molecule has 0 amide bonds. The van der Waals surface area contributed by atoms with Crippen LogP contribution in [0, 0.1) is 11.6 Å². The highest BCUT2D eigenvalue weighted by molar-refractivity contribution is 5.80. The molecule has 0 radical (unpaired) electrons. The number of rotatable bonds is 8. The predicted molar refractivity (Wildman–Crippen MR) is 75.2 cm³/mol. The van der Waals surface area contributed by atoms with Crippen molar-refractivity contribution in [3.63, 3.8) is 0 Å². The number of carbonyl (C=O) groups excluding carboxylic acids is 1. The van der Waals surface area contributed by atoms with Crippen LogP contribution in [0.4, 0.5) is 8.78 Å². The minimum atomic E-state index is -0.892. The van der Waals surface area contributed by atoms with Crippen molar-refractivity contribution in [2.45, 2.75) is 32.7 Å². The van der Waals surface area contributed by atoms with Crippen molar-refractivity contribution < 1.29 is 23.0 Å². The summed E-state index contributed by atoms with van der Waals surface area (Å²) < 4.78 is 36.4. The van der Waals surface area contributed by atoms with Crippen LogP contribution in [0.5, 0.6) is 5.75 Å². The Labute approximate surface area is 123 Å². The lowest BCUT2D eigenvalue weighted by molar-refractivity contribution is -0.151. The summed E-state index contributed by atoms with van der Waals surface area (Å²) in [5, 5.41) is 3.05. The molecule has 6 heteroatoms. The summed E-state index contributed by atoms with van der Waals surface area (Å²) in [6.45, 7) is 6.32. The molecule has 118 valence electrons. The lowest BCUT2D eigenvalue weighted by atomic mass is 9.98. The molecule has 1 aromatic rings. The van der Waals surface area contributed by atoms with E-state index in [-0.39, 0.29) is 24.9 Å². The zero-order valence-electron chi connectivity index (χ0n) is 12.5. The number of halogens is 2. The van der Waals surface area contributed by atoms with Gasteiger partial charge in [-0.25, -0.2) is 8.78 Å². The average molecular weight is 301 g/mol. The van der Waals surface area contributed by atoms with E-state index in [1.807, 2.05) is 6.92 Å². The first kappa shape index (κ1) is 17.4. The Morgan fingerprint density at radius 2 is 1.86 bits per heavy atom. The monoisotopic (exact) mass is 301 g/mol. The van der Waals surface area contributed by atoms with Crippen LogP contribution in [0.1, 0.15) is 27.2 Å². The summed E-state index contributed by atoms with van der Waals surface area (Å²) in [6, 6.07) is 2.96. The molecule has 0 saturated carbocycles. The fourth-order valence-electron chi connectivity index (χ4n) is 1.93. The van der Waals surface area contributed by atoms with E-state index in [2.05, 4.69) is 5.32 Å². The van der Waals surface area contributed by atoms with Crippen molar-refractivity contribution in [2.24, 2.45) is 0 Å². The van der Waals surface area contributed by atoms with Crippen molar-refractivity contribution >= 4 is 5.97 Å². The van der Waals surface area contributed by atoms with E-state index in [1.54, 1.807) is 13.8 Å². The van der Waals surface area contributed by atoms with Gasteiger partial charge in [-0.05, 0) is 20.4 Å². The lowest BCUT2D eigenvalue weighted by Crippen LogP contribution is -2.51. The number of benzene rings is 1. The first-order chi connectivity index (χ1) is 9.91. The SMILES string of the molecule is CCNC(C)(CCOc1cc(F)cc(F)c1)C(=O)OCC. The number of hydrogen-bond donors (Lipinski definition) is 1. The quantitative estimate of drug-likeness (QED) is 0.750. The highest BCUT2D eigenvalue weighted by Crippen LogP contribution is 2.18.